The van der Waals surface area contributed by atoms with Crippen LogP contribution in [0.4, 0.5) is 11.4 Å². The van der Waals surface area contributed by atoms with E-state index in [1.54, 1.807) is 0 Å². The maximum absolute atomic E-state index is 2.77. The van der Waals surface area contributed by atoms with Gasteiger partial charge in [-0.1, -0.05) is 99.6 Å². The highest BCUT2D eigenvalue weighted by Crippen LogP contribution is 2.71. The van der Waals surface area contributed by atoms with Gasteiger partial charge in [0.25, 0.3) is 6.71 Å². The number of anilines is 2. The summed E-state index contributed by atoms with van der Waals surface area (Å²) in [7, 11) is 0. The van der Waals surface area contributed by atoms with Crippen LogP contribution in [0.15, 0.2) is 103 Å². The molecule has 10 rings (SSSR count). The summed E-state index contributed by atoms with van der Waals surface area (Å²) in [5.41, 5.74) is 15.2. The van der Waals surface area contributed by atoms with Crippen molar-refractivity contribution in [2.45, 2.75) is 44.1 Å². The van der Waals surface area contributed by atoms with Gasteiger partial charge < -0.3 is 9.47 Å². The fourth-order valence-corrected chi connectivity index (χ4v) is 9.77. The van der Waals surface area contributed by atoms with Gasteiger partial charge >= 0.3 is 0 Å². The molecule has 4 aliphatic rings. The summed E-state index contributed by atoms with van der Waals surface area (Å²) in [5, 5.41) is 2.74. The molecule has 40 heavy (non-hydrogen) atoms. The molecule has 1 aromatic heterocycles. The Hall–Kier alpha value is -4.24. The number of rotatable bonds is 0. The lowest BCUT2D eigenvalue weighted by molar-refractivity contribution is 0.208. The lowest BCUT2D eigenvalue weighted by Crippen LogP contribution is -2.62. The molecular formula is C37H29BN2. The van der Waals surface area contributed by atoms with Gasteiger partial charge in [0, 0.05) is 38.7 Å². The average Bonchev–Trinajstić information content (AvgIpc) is 3.48. The number of nitrogens with zero attached hydrogens (tertiary/aromatic N) is 2. The number of hydrogen-bond donors (Lipinski definition) is 0. The third kappa shape index (κ3) is 1.91. The molecule has 0 radical (unpaired) electrons. The van der Waals surface area contributed by atoms with Crippen LogP contribution in [0.2, 0.25) is 0 Å². The first-order chi connectivity index (χ1) is 19.4. The molecule has 0 spiro atoms. The Bertz CT molecular complexity index is 2150. The van der Waals surface area contributed by atoms with Crippen LogP contribution in [-0.4, -0.2) is 11.3 Å². The summed E-state index contributed by atoms with van der Waals surface area (Å²) in [5.74, 6) is 0. The Morgan fingerprint density at radius 3 is 2.02 bits per heavy atom. The number of fused-ring (bicyclic) bond motifs is 14. The predicted molar refractivity (Wildman–Crippen MR) is 168 cm³/mol. The van der Waals surface area contributed by atoms with E-state index in [-0.39, 0.29) is 23.1 Å². The second-order valence-corrected chi connectivity index (χ2v) is 13.2. The highest BCUT2D eigenvalue weighted by Gasteiger charge is 2.71. The molecule has 6 aromatic rings. The molecule has 5 aromatic carbocycles. The first-order valence-electron chi connectivity index (χ1n) is 14.6. The van der Waals surface area contributed by atoms with E-state index in [0.29, 0.717) is 0 Å². The fraction of sp³-hybridized carbons (Fsp3) is 0.189. The molecule has 2 atom stereocenters. The molecule has 0 bridgehead atoms. The minimum atomic E-state index is -0.219. The van der Waals surface area contributed by atoms with Crippen LogP contribution < -0.4 is 21.3 Å². The van der Waals surface area contributed by atoms with Crippen LogP contribution in [0, 0.1) is 0 Å². The van der Waals surface area contributed by atoms with Crippen LogP contribution in [0.25, 0.3) is 27.5 Å². The summed E-state index contributed by atoms with van der Waals surface area (Å²) in [6, 6.07) is 39.2. The van der Waals surface area contributed by atoms with Crippen LogP contribution in [0.3, 0.4) is 0 Å². The van der Waals surface area contributed by atoms with E-state index in [1.165, 1.54) is 71.9 Å². The van der Waals surface area contributed by atoms with Gasteiger partial charge in [0.15, 0.2) is 0 Å². The Labute approximate surface area is 234 Å². The summed E-state index contributed by atoms with van der Waals surface area (Å²) >= 11 is 0. The minimum absolute atomic E-state index is 0.0536. The summed E-state index contributed by atoms with van der Waals surface area (Å²) in [6.45, 7) is 10.3. The largest absolute Gasteiger partial charge is 0.331 e. The van der Waals surface area contributed by atoms with Crippen molar-refractivity contribution in [2.24, 2.45) is 0 Å². The second kappa shape index (κ2) is 6.39. The van der Waals surface area contributed by atoms with E-state index < -0.39 is 0 Å². The first kappa shape index (κ1) is 21.6. The van der Waals surface area contributed by atoms with Gasteiger partial charge in [-0.25, -0.2) is 0 Å². The van der Waals surface area contributed by atoms with Gasteiger partial charge in [-0.05, 0) is 64.3 Å². The van der Waals surface area contributed by atoms with Crippen LogP contribution in [0.5, 0.6) is 0 Å². The zero-order valence-corrected chi connectivity index (χ0v) is 23.3. The fourth-order valence-electron chi connectivity index (χ4n) is 9.77. The van der Waals surface area contributed by atoms with Crippen molar-refractivity contribution in [3.05, 3.63) is 120 Å². The van der Waals surface area contributed by atoms with Crippen molar-refractivity contribution < 1.29 is 0 Å². The molecule has 4 heterocycles. The van der Waals surface area contributed by atoms with Gasteiger partial charge in [0.05, 0.1) is 16.6 Å². The molecule has 3 heteroatoms. The second-order valence-electron chi connectivity index (χ2n) is 13.2. The maximum atomic E-state index is 2.77. The Kier molecular flexibility index (Phi) is 3.45. The van der Waals surface area contributed by atoms with E-state index in [9.17, 15) is 0 Å². The third-order valence-corrected chi connectivity index (χ3v) is 11.8. The zero-order chi connectivity index (χ0) is 26.8. The van der Waals surface area contributed by atoms with Crippen molar-refractivity contribution in [2.75, 3.05) is 4.90 Å². The minimum Gasteiger partial charge on any atom is -0.331 e. The number of hydrogen-bond acceptors (Lipinski definition) is 1. The highest BCUT2D eigenvalue weighted by atomic mass is 15.3. The predicted octanol–water partition coefficient (Wildman–Crippen LogP) is 6.54. The molecule has 1 aliphatic carbocycles. The Balaban J connectivity index is 1.50. The molecule has 0 saturated carbocycles. The normalized spacial score (nSPS) is 23.8. The third-order valence-electron chi connectivity index (χ3n) is 11.8. The van der Waals surface area contributed by atoms with Gasteiger partial charge in [-0.15, -0.1) is 0 Å². The average molecular weight is 512 g/mol. The molecule has 190 valence electrons. The number of aromatic nitrogens is 1. The standard InChI is InChI=1S/C37H29BN2/c1-35(2)24-14-6-7-15-25(24)37(4)36(35,3)26-21-23-22-13-5-10-18-29(22)39-30-19-11-8-16-27(30)38-28-17-9-12-20-31(28)40(37)34(26)32(38)33(23)39/h5-21H,1-4H3. The quantitative estimate of drug-likeness (QED) is 0.210. The summed E-state index contributed by atoms with van der Waals surface area (Å²) < 4.78 is 2.57. The van der Waals surface area contributed by atoms with Crippen LogP contribution in [-0.2, 0) is 16.4 Å². The number of para-hydroxylation sites is 3. The SMILES string of the molecule is CC1(C)c2ccccc2C2(C)N3c4ccccc4B4c5ccccc5-n5c6ccccc6c6cc(c3c4c65)C12C. The molecule has 2 nitrogen and oxygen atoms in total. The van der Waals surface area contributed by atoms with Gasteiger partial charge in [-0.2, -0.15) is 0 Å². The lowest BCUT2D eigenvalue weighted by atomic mass is 9.33. The van der Waals surface area contributed by atoms with Crippen molar-refractivity contribution in [3.63, 3.8) is 0 Å². The van der Waals surface area contributed by atoms with E-state index in [1.807, 2.05) is 0 Å². The zero-order valence-electron chi connectivity index (χ0n) is 23.3. The van der Waals surface area contributed by atoms with Crippen LogP contribution >= 0.6 is 0 Å². The van der Waals surface area contributed by atoms with E-state index >= 15 is 0 Å². The Morgan fingerprint density at radius 1 is 0.600 bits per heavy atom. The lowest BCUT2D eigenvalue weighted by Gasteiger charge is -2.49. The van der Waals surface area contributed by atoms with Gasteiger partial charge in [0.1, 0.15) is 0 Å². The van der Waals surface area contributed by atoms with Gasteiger partial charge in [-0.3, -0.25) is 0 Å². The Morgan fingerprint density at radius 2 is 1.23 bits per heavy atom. The van der Waals surface area contributed by atoms with E-state index in [2.05, 4.69) is 140 Å². The first-order valence-corrected chi connectivity index (χ1v) is 14.6. The smallest absolute Gasteiger partial charge is 0.252 e. The monoisotopic (exact) mass is 512 g/mol. The maximum Gasteiger partial charge on any atom is 0.252 e. The molecule has 0 amide bonds. The molecular weight excluding hydrogens is 483 g/mol. The molecule has 3 aliphatic heterocycles. The highest BCUT2D eigenvalue weighted by molar-refractivity contribution is 7.00. The summed E-state index contributed by atoms with van der Waals surface area (Å²) in [4.78, 5) is 2.77. The summed E-state index contributed by atoms with van der Waals surface area (Å²) in [6.07, 6.45) is 0. The van der Waals surface area contributed by atoms with Gasteiger partial charge in [0.2, 0.25) is 0 Å². The molecule has 0 fully saturated rings. The topological polar surface area (TPSA) is 8.17 Å². The molecule has 0 saturated heterocycles. The van der Waals surface area contributed by atoms with E-state index in [0.717, 1.165) is 0 Å². The van der Waals surface area contributed by atoms with Crippen molar-refractivity contribution in [1.29, 1.82) is 0 Å². The van der Waals surface area contributed by atoms with E-state index in [4.69, 9.17) is 0 Å². The van der Waals surface area contributed by atoms with Crippen molar-refractivity contribution >= 4 is 56.3 Å². The van der Waals surface area contributed by atoms with Crippen LogP contribution in [0.1, 0.15) is 44.4 Å². The molecule has 2 unspecified atom stereocenters. The van der Waals surface area contributed by atoms with Crippen molar-refractivity contribution in [3.8, 4) is 5.69 Å². The van der Waals surface area contributed by atoms with Crippen molar-refractivity contribution in [1.82, 2.24) is 4.57 Å². The number of benzene rings is 5. The molecule has 0 N–H and O–H groups in total.